The van der Waals surface area contributed by atoms with Crippen LogP contribution in [0.15, 0.2) is 23.2 Å². The zero-order chi connectivity index (χ0) is 9.84. The molecule has 4 N–H and O–H groups in total. The Hall–Kier alpha value is -1.69. The van der Waals surface area contributed by atoms with E-state index in [1.54, 1.807) is 0 Å². The quantitative estimate of drug-likeness (QED) is 0.347. The molecule has 0 aliphatic heterocycles. The number of hydroxylamine groups is 1. The van der Waals surface area contributed by atoms with Crippen molar-refractivity contribution < 1.29 is 14.0 Å². The average molecular weight is 187 g/mol. The molecule has 0 heterocycles. The van der Waals surface area contributed by atoms with E-state index in [2.05, 4.69) is 4.99 Å². The summed E-state index contributed by atoms with van der Waals surface area (Å²) in [5.41, 5.74) is 6.41. The lowest BCUT2D eigenvalue weighted by Gasteiger charge is -1.98. The summed E-state index contributed by atoms with van der Waals surface area (Å²) in [6.45, 7) is 0. The summed E-state index contributed by atoms with van der Waals surface area (Å²) < 4.78 is 25.2. The maximum Gasteiger partial charge on any atom is 0.218 e. The van der Waals surface area contributed by atoms with Crippen molar-refractivity contribution in [2.24, 2.45) is 10.7 Å². The SMILES string of the molecule is NC(=Nc1ccc(F)cc1F)NO. The lowest BCUT2D eigenvalue weighted by molar-refractivity contribution is 0.233. The topological polar surface area (TPSA) is 70.6 Å². The van der Waals surface area contributed by atoms with Crippen LogP contribution in [-0.4, -0.2) is 11.2 Å². The van der Waals surface area contributed by atoms with Gasteiger partial charge in [-0.3, -0.25) is 5.21 Å². The lowest BCUT2D eigenvalue weighted by atomic mass is 10.3. The zero-order valence-corrected chi connectivity index (χ0v) is 6.46. The number of hydrogen-bond acceptors (Lipinski definition) is 2. The Morgan fingerprint density at radius 2 is 2.15 bits per heavy atom. The first-order valence-electron chi connectivity index (χ1n) is 3.33. The van der Waals surface area contributed by atoms with Crippen molar-refractivity contribution in [2.45, 2.75) is 0 Å². The van der Waals surface area contributed by atoms with Crippen LogP contribution in [0, 0.1) is 11.6 Å². The van der Waals surface area contributed by atoms with Gasteiger partial charge in [-0.25, -0.2) is 19.3 Å². The van der Waals surface area contributed by atoms with E-state index in [0.717, 1.165) is 12.1 Å². The average Bonchev–Trinajstić information content (AvgIpc) is 2.09. The number of nitrogens with zero attached hydrogens (tertiary/aromatic N) is 1. The molecule has 0 unspecified atom stereocenters. The Bertz CT molecular complexity index is 341. The van der Waals surface area contributed by atoms with Gasteiger partial charge in [-0.1, -0.05) is 0 Å². The minimum absolute atomic E-state index is 0.152. The molecular formula is C7H7F2N3O. The summed E-state index contributed by atoms with van der Waals surface area (Å²) in [4.78, 5) is 3.41. The summed E-state index contributed by atoms with van der Waals surface area (Å²) in [6, 6.07) is 2.81. The molecule has 0 aliphatic carbocycles. The lowest BCUT2D eigenvalue weighted by Crippen LogP contribution is -2.27. The Balaban J connectivity index is 3.03. The van der Waals surface area contributed by atoms with Gasteiger partial charge in [-0.05, 0) is 12.1 Å². The molecule has 4 nitrogen and oxygen atoms in total. The highest BCUT2D eigenvalue weighted by atomic mass is 19.1. The summed E-state index contributed by atoms with van der Waals surface area (Å²) in [5.74, 6) is -1.92. The second-order valence-electron chi connectivity index (χ2n) is 2.20. The molecule has 6 heteroatoms. The molecule has 1 aromatic carbocycles. The molecular weight excluding hydrogens is 180 g/mol. The predicted octanol–water partition coefficient (Wildman–Crippen LogP) is 0.890. The fourth-order valence-corrected chi connectivity index (χ4v) is 0.727. The van der Waals surface area contributed by atoms with Gasteiger partial charge in [0.1, 0.15) is 11.5 Å². The highest BCUT2D eigenvalue weighted by Gasteiger charge is 2.02. The van der Waals surface area contributed by atoms with E-state index in [-0.39, 0.29) is 11.6 Å². The molecule has 0 spiro atoms. The molecule has 0 fully saturated rings. The number of rotatable bonds is 1. The van der Waals surface area contributed by atoms with Crippen molar-refractivity contribution in [3.63, 3.8) is 0 Å². The van der Waals surface area contributed by atoms with E-state index in [4.69, 9.17) is 10.9 Å². The first-order chi connectivity index (χ1) is 6.13. The van der Waals surface area contributed by atoms with E-state index < -0.39 is 11.6 Å². The molecule has 0 aromatic heterocycles. The molecule has 0 saturated heterocycles. The molecule has 13 heavy (non-hydrogen) atoms. The van der Waals surface area contributed by atoms with E-state index in [1.807, 2.05) is 0 Å². The van der Waals surface area contributed by atoms with Gasteiger partial charge in [0.2, 0.25) is 5.96 Å². The second kappa shape index (κ2) is 3.81. The van der Waals surface area contributed by atoms with Gasteiger partial charge in [0.15, 0.2) is 5.82 Å². The minimum Gasteiger partial charge on any atom is -0.368 e. The van der Waals surface area contributed by atoms with Crippen LogP contribution in [0.2, 0.25) is 0 Å². The molecule has 0 aliphatic rings. The fraction of sp³-hybridized carbons (Fsp3) is 0. The van der Waals surface area contributed by atoms with E-state index in [9.17, 15) is 8.78 Å². The molecule has 0 amide bonds. The van der Waals surface area contributed by atoms with Crippen molar-refractivity contribution in [1.82, 2.24) is 5.48 Å². The molecule has 1 rings (SSSR count). The highest BCUT2D eigenvalue weighted by molar-refractivity contribution is 5.79. The van der Waals surface area contributed by atoms with E-state index in [1.165, 1.54) is 5.48 Å². The largest absolute Gasteiger partial charge is 0.368 e. The Morgan fingerprint density at radius 3 is 2.69 bits per heavy atom. The first kappa shape index (κ1) is 9.40. The Morgan fingerprint density at radius 1 is 1.46 bits per heavy atom. The maximum absolute atomic E-state index is 12.8. The van der Waals surface area contributed by atoms with Crippen molar-refractivity contribution in [3.8, 4) is 0 Å². The zero-order valence-electron chi connectivity index (χ0n) is 6.46. The Labute approximate surface area is 72.7 Å². The molecule has 1 aromatic rings. The molecule has 70 valence electrons. The van der Waals surface area contributed by atoms with Gasteiger partial charge in [-0.2, -0.15) is 0 Å². The van der Waals surface area contributed by atoms with Gasteiger partial charge in [0.25, 0.3) is 0 Å². The summed E-state index contributed by atoms with van der Waals surface area (Å²) in [6.07, 6.45) is 0. The minimum atomic E-state index is -0.849. The standard InChI is InChI=1S/C7H7F2N3O/c8-4-1-2-6(5(9)3-4)11-7(10)12-13/h1-3,13H,(H3,10,11,12). The summed E-state index contributed by atoms with van der Waals surface area (Å²) in [5, 5.41) is 8.24. The van der Waals surface area contributed by atoms with Gasteiger partial charge in [0.05, 0.1) is 0 Å². The third kappa shape index (κ3) is 2.38. The van der Waals surface area contributed by atoms with Crippen LogP contribution in [0.25, 0.3) is 0 Å². The molecule has 0 atom stereocenters. The van der Waals surface area contributed by atoms with Crippen LogP contribution < -0.4 is 11.2 Å². The van der Waals surface area contributed by atoms with Crippen LogP contribution in [-0.2, 0) is 0 Å². The monoisotopic (exact) mass is 187 g/mol. The van der Waals surface area contributed by atoms with Gasteiger partial charge >= 0.3 is 0 Å². The van der Waals surface area contributed by atoms with Crippen LogP contribution in [0.3, 0.4) is 0 Å². The van der Waals surface area contributed by atoms with Crippen molar-refractivity contribution >= 4 is 11.6 Å². The van der Waals surface area contributed by atoms with Gasteiger partial charge in [0, 0.05) is 6.07 Å². The smallest absolute Gasteiger partial charge is 0.218 e. The Kier molecular flexibility index (Phi) is 2.76. The molecule has 0 saturated carbocycles. The third-order valence-corrected chi connectivity index (χ3v) is 1.27. The van der Waals surface area contributed by atoms with Gasteiger partial charge < -0.3 is 5.73 Å². The number of nitrogens with one attached hydrogen (secondary N) is 1. The summed E-state index contributed by atoms with van der Waals surface area (Å²) >= 11 is 0. The predicted molar refractivity (Wildman–Crippen MR) is 42.6 cm³/mol. The maximum atomic E-state index is 12.8. The summed E-state index contributed by atoms with van der Waals surface area (Å²) in [7, 11) is 0. The van der Waals surface area contributed by atoms with E-state index in [0.29, 0.717) is 6.07 Å². The number of guanidine groups is 1. The van der Waals surface area contributed by atoms with Crippen LogP contribution in [0.5, 0.6) is 0 Å². The number of hydrogen-bond donors (Lipinski definition) is 3. The van der Waals surface area contributed by atoms with Crippen LogP contribution in [0.1, 0.15) is 0 Å². The number of aliphatic imine (C=N–C) groups is 1. The number of benzene rings is 1. The van der Waals surface area contributed by atoms with E-state index >= 15 is 0 Å². The van der Waals surface area contributed by atoms with Crippen molar-refractivity contribution in [3.05, 3.63) is 29.8 Å². The first-order valence-corrected chi connectivity index (χ1v) is 3.33. The van der Waals surface area contributed by atoms with Crippen molar-refractivity contribution in [1.29, 1.82) is 0 Å². The molecule has 0 radical (unpaired) electrons. The third-order valence-electron chi connectivity index (χ3n) is 1.27. The van der Waals surface area contributed by atoms with Gasteiger partial charge in [-0.15, -0.1) is 0 Å². The number of nitrogens with two attached hydrogens (primary N) is 1. The van der Waals surface area contributed by atoms with Crippen LogP contribution in [0.4, 0.5) is 14.5 Å². The molecule has 0 bridgehead atoms. The second-order valence-corrected chi connectivity index (χ2v) is 2.20. The van der Waals surface area contributed by atoms with Crippen molar-refractivity contribution in [2.75, 3.05) is 0 Å². The normalized spacial score (nSPS) is 11.5. The highest BCUT2D eigenvalue weighted by Crippen LogP contribution is 2.17. The van der Waals surface area contributed by atoms with Crippen LogP contribution >= 0.6 is 0 Å². The number of halogens is 2. The fourth-order valence-electron chi connectivity index (χ4n) is 0.727.